The number of hydrogen-bond donors (Lipinski definition) is 2. The lowest BCUT2D eigenvalue weighted by Crippen LogP contribution is -2.32. The van der Waals surface area contributed by atoms with Gasteiger partial charge in [-0.05, 0) is 37.6 Å². The van der Waals surface area contributed by atoms with Crippen molar-refractivity contribution in [1.82, 2.24) is 5.32 Å². The molecule has 17 heavy (non-hydrogen) atoms. The number of carbonyl (C=O) groups is 1. The third-order valence-corrected chi connectivity index (χ3v) is 3.48. The lowest BCUT2D eigenvalue weighted by molar-refractivity contribution is -0.144. The van der Waals surface area contributed by atoms with Gasteiger partial charge in [-0.1, -0.05) is 12.1 Å². The highest BCUT2D eigenvalue weighted by Crippen LogP contribution is 2.55. The molecule has 4 nitrogen and oxygen atoms in total. The van der Waals surface area contributed by atoms with Gasteiger partial charge < -0.3 is 15.2 Å². The molecule has 4 heteroatoms. The summed E-state index contributed by atoms with van der Waals surface area (Å²) in [6.07, 6.45) is 1.45. The fourth-order valence-electron chi connectivity index (χ4n) is 2.34. The van der Waals surface area contributed by atoms with Gasteiger partial charge in [0.2, 0.25) is 0 Å². The topological polar surface area (TPSA) is 58.6 Å². The van der Waals surface area contributed by atoms with Gasteiger partial charge in [-0.15, -0.1) is 0 Å². The first-order valence-corrected chi connectivity index (χ1v) is 5.68. The standard InChI is InChI=1S/C13H17NO3/c1-14-11(13(6-7-13)12(15)16)9-4-3-5-10(8-9)17-2/h3-5,8,11,14H,6-7H2,1-2H3,(H,15,16). The first-order chi connectivity index (χ1) is 8.14. The number of rotatable bonds is 5. The Labute approximate surface area is 101 Å². The zero-order valence-electron chi connectivity index (χ0n) is 10.1. The van der Waals surface area contributed by atoms with Gasteiger partial charge in [0.25, 0.3) is 0 Å². The Morgan fingerprint density at radius 3 is 2.71 bits per heavy atom. The largest absolute Gasteiger partial charge is 0.497 e. The minimum absolute atomic E-state index is 0.157. The molecule has 1 unspecified atom stereocenters. The SMILES string of the molecule is CNC(c1cccc(OC)c1)C1(C(=O)O)CC1. The maximum atomic E-state index is 11.3. The van der Waals surface area contributed by atoms with E-state index in [2.05, 4.69) is 5.32 Å². The van der Waals surface area contributed by atoms with E-state index in [4.69, 9.17) is 4.74 Å². The smallest absolute Gasteiger partial charge is 0.311 e. The molecule has 0 amide bonds. The first-order valence-electron chi connectivity index (χ1n) is 5.68. The van der Waals surface area contributed by atoms with Crippen LogP contribution in [0, 0.1) is 5.41 Å². The zero-order chi connectivity index (χ0) is 12.5. The normalized spacial score (nSPS) is 18.5. The Morgan fingerprint density at radius 2 is 2.24 bits per heavy atom. The molecule has 0 spiro atoms. The van der Waals surface area contributed by atoms with Crippen molar-refractivity contribution in [2.45, 2.75) is 18.9 Å². The number of methoxy groups -OCH3 is 1. The van der Waals surface area contributed by atoms with E-state index in [9.17, 15) is 9.90 Å². The lowest BCUT2D eigenvalue weighted by atomic mass is 9.90. The van der Waals surface area contributed by atoms with Crippen LogP contribution in [0.2, 0.25) is 0 Å². The summed E-state index contributed by atoms with van der Waals surface area (Å²) in [6.45, 7) is 0. The monoisotopic (exact) mass is 235 g/mol. The van der Waals surface area contributed by atoms with E-state index in [-0.39, 0.29) is 6.04 Å². The van der Waals surface area contributed by atoms with Crippen LogP contribution in [-0.4, -0.2) is 25.2 Å². The highest BCUT2D eigenvalue weighted by atomic mass is 16.5. The molecule has 0 radical (unpaired) electrons. The third kappa shape index (κ3) is 2.00. The predicted octanol–water partition coefficient (Wildman–Crippen LogP) is 1.82. The van der Waals surface area contributed by atoms with Gasteiger partial charge in [0.1, 0.15) is 5.75 Å². The Kier molecular flexibility index (Phi) is 3.07. The molecule has 1 atom stereocenters. The van der Waals surface area contributed by atoms with Crippen LogP contribution in [0.25, 0.3) is 0 Å². The molecule has 1 aromatic rings. The summed E-state index contributed by atoms with van der Waals surface area (Å²) in [6, 6.07) is 7.42. The molecule has 0 bridgehead atoms. The molecule has 92 valence electrons. The minimum Gasteiger partial charge on any atom is -0.497 e. The van der Waals surface area contributed by atoms with E-state index in [0.29, 0.717) is 0 Å². The van der Waals surface area contributed by atoms with Gasteiger partial charge in [-0.25, -0.2) is 0 Å². The van der Waals surface area contributed by atoms with E-state index in [1.807, 2.05) is 24.3 Å². The molecule has 2 N–H and O–H groups in total. The van der Waals surface area contributed by atoms with Crippen LogP contribution in [0.4, 0.5) is 0 Å². The summed E-state index contributed by atoms with van der Waals surface area (Å²) in [5.74, 6) is 0.0311. The number of hydrogen-bond acceptors (Lipinski definition) is 3. The van der Waals surface area contributed by atoms with Crippen LogP contribution in [0.15, 0.2) is 24.3 Å². The quantitative estimate of drug-likeness (QED) is 0.817. The van der Waals surface area contributed by atoms with Crippen molar-refractivity contribution < 1.29 is 14.6 Å². The van der Waals surface area contributed by atoms with Crippen LogP contribution in [0.5, 0.6) is 5.75 Å². The predicted molar refractivity (Wildman–Crippen MR) is 64.1 cm³/mol. The van der Waals surface area contributed by atoms with Crippen molar-refractivity contribution in [1.29, 1.82) is 0 Å². The maximum Gasteiger partial charge on any atom is 0.311 e. The fourth-order valence-corrected chi connectivity index (χ4v) is 2.34. The van der Waals surface area contributed by atoms with Crippen molar-refractivity contribution in [2.75, 3.05) is 14.2 Å². The minimum atomic E-state index is -0.723. The number of carboxylic acids is 1. The molecule has 1 fully saturated rings. The number of aliphatic carboxylic acids is 1. The van der Waals surface area contributed by atoms with Gasteiger partial charge in [0.05, 0.1) is 12.5 Å². The first kappa shape index (κ1) is 11.9. The van der Waals surface area contributed by atoms with Gasteiger partial charge >= 0.3 is 5.97 Å². The van der Waals surface area contributed by atoms with Crippen LogP contribution in [0.3, 0.4) is 0 Å². The molecular formula is C13H17NO3. The highest BCUT2D eigenvalue weighted by Gasteiger charge is 2.56. The molecule has 0 aromatic heterocycles. The van der Waals surface area contributed by atoms with Crippen LogP contribution < -0.4 is 10.1 Å². The average molecular weight is 235 g/mol. The summed E-state index contributed by atoms with van der Waals surface area (Å²) in [4.78, 5) is 11.3. The van der Waals surface area contributed by atoms with Crippen molar-refractivity contribution in [3.63, 3.8) is 0 Å². The van der Waals surface area contributed by atoms with Crippen LogP contribution in [0.1, 0.15) is 24.4 Å². The Hall–Kier alpha value is -1.55. The number of nitrogens with one attached hydrogen (secondary N) is 1. The van der Waals surface area contributed by atoms with Crippen molar-refractivity contribution >= 4 is 5.97 Å². The molecule has 0 heterocycles. The number of ether oxygens (including phenoxy) is 1. The fraction of sp³-hybridized carbons (Fsp3) is 0.462. The summed E-state index contributed by atoms with van der Waals surface area (Å²) in [7, 11) is 3.41. The van der Waals surface area contributed by atoms with Gasteiger partial charge in [-0.3, -0.25) is 4.79 Å². The van der Waals surface area contributed by atoms with E-state index in [1.54, 1.807) is 14.2 Å². The van der Waals surface area contributed by atoms with E-state index < -0.39 is 11.4 Å². The maximum absolute atomic E-state index is 11.3. The third-order valence-electron chi connectivity index (χ3n) is 3.48. The van der Waals surface area contributed by atoms with Crippen LogP contribution >= 0.6 is 0 Å². The summed E-state index contributed by atoms with van der Waals surface area (Å²) >= 11 is 0. The molecule has 1 aliphatic carbocycles. The Balaban J connectivity index is 2.32. The second-order valence-corrected chi connectivity index (χ2v) is 4.46. The van der Waals surface area contributed by atoms with Gasteiger partial charge in [-0.2, -0.15) is 0 Å². The van der Waals surface area contributed by atoms with Crippen LogP contribution in [-0.2, 0) is 4.79 Å². The Bertz CT molecular complexity index is 426. The van der Waals surface area contributed by atoms with E-state index >= 15 is 0 Å². The van der Waals surface area contributed by atoms with Crippen molar-refractivity contribution in [3.8, 4) is 5.75 Å². The molecule has 1 aliphatic rings. The van der Waals surface area contributed by atoms with Crippen molar-refractivity contribution in [3.05, 3.63) is 29.8 Å². The van der Waals surface area contributed by atoms with Crippen molar-refractivity contribution in [2.24, 2.45) is 5.41 Å². The van der Waals surface area contributed by atoms with Gasteiger partial charge in [0.15, 0.2) is 0 Å². The average Bonchev–Trinajstić information content (AvgIpc) is 3.12. The molecule has 1 aromatic carbocycles. The molecule has 0 saturated heterocycles. The second kappa shape index (κ2) is 4.37. The zero-order valence-corrected chi connectivity index (χ0v) is 10.1. The number of carboxylic acid groups (broad SMARTS) is 1. The summed E-state index contributed by atoms with van der Waals surface area (Å²) in [5.41, 5.74) is 0.327. The summed E-state index contributed by atoms with van der Waals surface area (Å²) in [5, 5.41) is 12.4. The Morgan fingerprint density at radius 1 is 1.53 bits per heavy atom. The van der Waals surface area contributed by atoms with Gasteiger partial charge in [0, 0.05) is 6.04 Å². The highest BCUT2D eigenvalue weighted by molar-refractivity contribution is 5.79. The molecule has 0 aliphatic heterocycles. The summed E-state index contributed by atoms with van der Waals surface area (Å²) < 4.78 is 5.17. The number of benzene rings is 1. The van der Waals surface area contributed by atoms with E-state index in [0.717, 1.165) is 24.2 Å². The molecule has 2 rings (SSSR count). The second-order valence-electron chi connectivity index (χ2n) is 4.46. The molecular weight excluding hydrogens is 218 g/mol. The van der Waals surface area contributed by atoms with E-state index in [1.165, 1.54) is 0 Å². The lowest BCUT2D eigenvalue weighted by Gasteiger charge is -2.23. The molecule has 1 saturated carbocycles.